The Morgan fingerprint density at radius 3 is 2.37 bits per heavy atom. The van der Waals surface area contributed by atoms with Gasteiger partial charge in [0.2, 0.25) is 0 Å². The van der Waals surface area contributed by atoms with Crippen LogP contribution in [0.5, 0.6) is 5.75 Å². The highest BCUT2D eigenvalue weighted by molar-refractivity contribution is 5.94. The molecule has 0 bridgehead atoms. The molecule has 3 aromatic rings. The second-order valence-corrected chi connectivity index (χ2v) is 6.41. The number of halogens is 3. The molecule has 0 saturated carbocycles. The summed E-state index contributed by atoms with van der Waals surface area (Å²) in [5.74, 6) is -0.122. The average molecular weight is 377 g/mol. The molecule has 1 heterocycles. The van der Waals surface area contributed by atoms with Crippen molar-refractivity contribution >= 4 is 16.9 Å². The number of benzene rings is 2. The van der Waals surface area contributed by atoms with E-state index < -0.39 is 12.3 Å². The predicted molar refractivity (Wildman–Crippen MR) is 94.3 cm³/mol. The van der Waals surface area contributed by atoms with Gasteiger partial charge in [-0.05, 0) is 42.3 Å². The van der Waals surface area contributed by atoms with Crippen LogP contribution in [0.25, 0.3) is 11.0 Å². The molecular formula is C19H18F3N3O2. The zero-order valence-electron chi connectivity index (χ0n) is 14.7. The van der Waals surface area contributed by atoms with E-state index in [0.29, 0.717) is 5.82 Å². The van der Waals surface area contributed by atoms with Crippen molar-refractivity contribution in [2.24, 2.45) is 5.92 Å². The number of hydrogen-bond donors (Lipinski definition) is 2. The summed E-state index contributed by atoms with van der Waals surface area (Å²) in [6.07, 6.45) is -4.77. The highest BCUT2D eigenvalue weighted by Crippen LogP contribution is 2.25. The van der Waals surface area contributed by atoms with Gasteiger partial charge in [-0.1, -0.05) is 26.0 Å². The Bertz CT molecular complexity index is 900. The van der Waals surface area contributed by atoms with E-state index in [1.165, 1.54) is 12.1 Å². The SMILES string of the molecule is CC(C)C(NC(=O)c1ccc(OC(F)(F)F)cc1)c1nc2ccccc2[nH]1. The number of carbonyl (C=O) groups is 1. The van der Waals surface area contributed by atoms with Gasteiger partial charge in [0.05, 0.1) is 17.1 Å². The molecule has 27 heavy (non-hydrogen) atoms. The quantitative estimate of drug-likeness (QED) is 0.683. The Hall–Kier alpha value is -3.03. The van der Waals surface area contributed by atoms with E-state index in [1.807, 2.05) is 38.1 Å². The highest BCUT2D eigenvalue weighted by atomic mass is 19.4. The van der Waals surface area contributed by atoms with E-state index in [9.17, 15) is 18.0 Å². The zero-order valence-corrected chi connectivity index (χ0v) is 14.7. The summed E-state index contributed by atoms with van der Waals surface area (Å²) in [4.78, 5) is 20.2. The number of nitrogens with zero attached hydrogens (tertiary/aromatic N) is 1. The van der Waals surface area contributed by atoms with Crippen molar-refractivity contribution in [2.45, 2.75) is 26.3 Å². The minimum absolute atomic E-state index is 0.0438. The number of ether oxygens (including phenoxy) is 1. The van der Waals surface area contributed by atoms with Crippen molar-refractivity contribution in [1.29, 1.82) is 0 Å². The molecule has 8 heteroatoms. The second-order valence-electron chi connectivity index (χ2n) is 6.41. The van der Waals surface area contributed by atoms with Crippen LogP contribution in [-0.2, 0) is 0 Å². The third-order valence-electron chi connectivity index (χ3n) is 4.01. The number of aromatic amines is 1. The van der Waals surface area contributed by atoms with Crippen LogP contribution < -0.4 is 10.1 Å². The number of rotatable bonds is 5. The lowest BCUT2D eigenvalue weighted by Gasteiger charge is -2.20. The van der Waals surface area contributed by atoms with Crippen LogP contribution in [-0.4, -0.2) is 22.2 Å². The Morgan fingerprint density at radius 2 is 1.78 bits per heavy atom. The summed E-state index contributed by atoms with van der Waals surface area (Å²) in [5.41, 5.74) is 1.88. The van der Waals surface area contributed by atoms with Crippen molar-refractivity contribution in [3.05, 3.63) is 59.9 Å². The van der Waals surface area contributed by atoms with Crippen molar-refractivity contribution in [1.82, 2.24) is 15.3 Å². The fourth-order valence-corrected chi connectivity index (χ4v) is 2.70. The molecule has 5 nitrogen and oxygen atoms in total. The van der Waals surface area contributed by atoms with Crippen LogP contribution in [0.4, 0.5) is 13.2 Å². The first-order chi connectivity index (χ1) is 12.7. The Labute approximate surface area is 153 Å². The molecule has 2 aromatic carbocycles. The van der Waals surface area contributed by atoms with E-state index in [-0.39, 0.29) is 23.3 Å². The molecule has 0 fully saturated rings. The highest BCUT2D eigenvalue weighted by Gasteiger charge is 2.31. The van der Waals surface area contributed by atoms with Crippen LogP contribution in [0.15, 0.2) is 48.5 Å². The first-order valence-electron chi connectivity index (χ1n) is 8.34. The molecule has 1 unspecified atom stereocenters. The third kappa shape index (κ3) is 4.58. The van der Waals surface area contributed by atoms with Gasteiger partial charge in [0.25, 0.3) is 5.91 Å². The summed E-state index contributed by atoms with van der Waals surface area (Å²) < 4.78 is 40.5. The standard InChI is InChI=1S/C19H18F3N3O2/c1-11(2)16(17-23-14-5-3-4-6-15(14)24-17)25-18(26)12-7-9-13(10-8-12)27-19(20,21)22/h3-11,16H,1-2H3,(H,23,24)(H,25,26). The normalized spacial score (nSPS) is 13.0. The molecule has 0 aliphatic carbocycles. The number of H-pyrrole nitrogens is 1. The number of aromatic nitrogens is 2. The minimum atomic E-state index is -4.77. The molecule has 0 radical (unpaired) electrons. The molecule has 142 valence electrons. The van der Waals surface area contributed by atoms with Gasteiger partial charge in [0.1, 0.15) is 11.6 Å². The van der Waals surface area contributed by atoms with Gasteiger partial charge in [-0.25, -0.2) is 4.98 Å². The smallest absolute Gasteiger partial charge is 0.406 e. The van der Waals surface area contributed by atoms with Gasteiger partial charge >= 0.3 is 6.36 Å². The summed E-state index contributed by atoms with van der Waals surface area (Å²) in [6, 6.07) is 11.9. The number of para-hydroxylation sites is 2. The lowest BCUT2D eigenvalue weighted by molar-refractivity contribution is -0.274. The molecule has 3 rings (SSSR count). The monoisotopic (exact) mass is 377 g/mol. The maximum Gasteiger partial charge on any atom is 0.573 e. The molecule has 0 aliphatic rings. The lowest BCUT2D eigenvalue weighted by atomic mass is 10.0. The average Bonchev–Trinajstić information content (AvgIpc) is 3.02. The molecule has 0 spiro atoms. The van der Waals surface area contributed by atoms with Gasteiger partial charge in [-0.3, -0.25) is 4.79 Å². The molecule has 1 amide bonds. The van der Waals surface area contributed by atoms with E-state index >= 15 is 0 Å². The first kappa shape index (κ1) is 18.8. The Morgan fingerprint density at radius 1 is 1.11 bits per heavy atom. The van der Waals surface area contributed by atoms with Crippen molar-refractivity contribution in [3.8, 4) is 5.75 Å². The summed E-state index contributed by atoms with van der Waals surface area (Å²) in [7, 11) is 0. The number of carbonyl (C=O) groups excluding carboxylic acids is 1. The molecule has 2 N–H and O–H groups in total. The van der Waals surface area contributed by atoms with Crippen LogP contribution in [0.1, 0.15) is 36.1 Å². The maximum absolute atomic E-state index is 12.5. The molecule has 1 aromatic heterocycles. The van der Waals surface area contributed by atoms with Gasteiger partial charge < -0.3 is 15.0 Å². The van der Waals surface area contributed by atoms with E-state index in [1.54, 1.807) is 0 Å². The van der Waals surface area contributed by atoms with E-state index in [0.717, 1.165) is 23.2 Å². The summed E-state index contributed by atoms with van der Waals surface area (Å²) >= 11 is 0. The Kier molecular flexibility index (Phi) is 5.07. The van der Waals surface area contributed by atoms with Gasteiger partial charge in [0.15, 0.2) is 0 Å². The fourth-order valence-electron chi connectivity index (χ4n) is 2.70. The first-order valence-corrected chi connectivity index (χ1v) is 8.34. The van der Waals surface area contributed by atoms with Crippen LogP contribution in [0, 0.1) is 5.92 Å². The topological polar surface area (TPSA) is 67.0 Å². The molecular weight excluding hydrogens is 359 g/mol. The van der Waals surface area contributed by atoms with E-state index in [4.69, 9.17) is 0 Å². The van der Waals surface area contributed by atoms with Gasteiger partial charge in [0, 0.05) is 5.56 Å². The largest absolute Gasteiger partial charge is 0.573 e. The fraction of sp³-hybridized carbons (Fsp3) is 0.263. The van der Waals surface area contributed by atoms with Crippen LogP contribution >= 0.6 is 0 Å². The van der Waals surface area contributed by atoms with Gasteiger partial charge in [-0.15, -0.1) is 13.2 Å². The number of imidazole rings is 1. The van der Waals surface area contributed by atoms with Crippen molar-refractivity contribution < 1.29 is 22.7 Å². The maximum atomic E-state index is 12.5. The molecule has 1 atom stereocenters. The Balaban J connectivity index is 1.77. The van der Waals surface area contributed by atoms with Crippen LogP contribution in [0.2, 0.25) is 0 Å². The van der Waals surface area contributed by atoms with Crippen LogP contribution in [0.3, 0.4) is 0 Å². The minimum Gasteiger partial charge on any atom is -0.406 e. The third-order valence-corrected chi connectivity index (χ3v) is 4.01. The number of nitrogens with one attached hydrogen (secondary N) is 2. The number of amides is 1. The second kappa shape index (κ2) is 7.30. The molecule has 0 saturated heterocycles. The molecule has 0 aliphatic heterocycles. The van der Waals surface area contributed by atoms with Crippen molar-refractivity contribution in [2.75, 3.05) is 0 Å². The number of alkyl halides is 3. The summed E-state index contributed by atoms with van der Waals surface area (Å²) in [5, 5.41) is 2.88. The van der Waals surface area contributed by atoms with E-state index in [2.05, 4.69) is 20.0 Å². The zero-order chi connectivity index (χ0) is 19.6. The van der Waals surface area contributed by atoms with Gasteiger partial charge in [-0.2, -0.15) is 0 Å². The predicted octanol–water partition coefficient (Wildman–Crippen LogP) is 4.59. The van der Waals surface area contributed by atoms with Crippen molar-refractivity contribution in [3.63, 3.8) is 0 Å². The summed E-state index contributed by atoms with van der Waals surface area (Å²) in [6.45, 7) is 3.89. The number of hydrogen-bond acceptors (Lipinski definition) is 3. The lowest BCUT2D eigenvalue weighted by Crippen LogP contribution is -2.32. The number of fused-ring (bicyclic) bond motifs is 1.